The molecule has 0 amide bonds. The second-order valence-electron chi connectivity index (χ2n) is 0.776. The summed E-state index contributed by atoms with van der Waals surface area (Å²) in [6, 6.07) is 0. The molecule has 58 valence electrons. The summed E-state index contributed by atoms with van der Waals surface area (Å²) in [5.74, 6) is -0.329. The zero-order valence-corrected chi connectivity index (χ0v) is 6.43. The van der Waals surface area contributed by atoms with Gasteiger partial charge in [0, 0.05) is 6.92 Å². The number of carbonyl (C=O) groups excluding carboxylic acids is 1. The number of hydrogen-bond acceptors (Lipinski definition) is 2. The maximum absolute atomic E-state index is 9.75. The van der Waals surface area contributed by atoms with Crippen LogP contribution >= 0.6 is 0 Å². The van der Waals surface area contributed by atoms with Crippen molar-refractivity contribution in [3.05, 3.63) is 39.2 Å². The van der Waals surface area contributed by atoms with E-state index in [4.69, 9.17) is 0 Å². The summed E-state index contributed by atoms with van der Waals surface area (Å²) in [4.78, 5) is 9.75. The van der Waals surface area contributed by atoms with Gasteiger partial charge in [0.1, 0.15) is 0 Å². The lowest BCUT2D eigenvalue weighted by atomic mass is 10.8. The van der Waals surface area contributed by atoms with Crippen molar-refractivity contribution >= 4 is 5.97 Å². The SMILES string of the molecule is C=C.C=C.C=COC(C)=O. The molecule has 0 rings (SSSR count). The van der Waals surface area contributed by atoms with E-state index >= 15 is 0 Å². The second kappa shape index (κ2) is 25.3. The number of hydrogen-bond donors (Lipinski definition) is 0. The first-order valence-corrected chi connectivity index (χ1v) is 2.55. The monoisotopic (exact) mass is 142 g/mol. The Kier molecular flexibility index (Phi) is 40.1. The van der Waals surface area contributed by atoms with Gasteiger partial charge in [-0.3, -0.25) is 4.79 Å². The normalized spacial score (nSPS) is 4.90. The van der Waals surface area contributed by atoms with E-state index < -0.39 is 0 Å². The van der Waals surface area contributed by atoms with Gasteiger partial charge < -0.3 is 4.74 Å². The van der Waals surface area contributed by atoms with Crippen LogP contribution in [0, 0.1) is 0 Å². The minimum Gasteiger partial charge on any atom is -0.435 e. The Hall–Kier alpha value is -1.31. The topological polar surface area (TPSA) is 26.3 Å². The molecule has 0 aromatic heterocycles. The summed E-state index contributed by atoms with van der Waals surface area (Å²) in [5.41, 5.74) is 0. The van der Waals surface area contributed by atoms with Gasteiger partial charge in [0.15, 0.2) is 0 Å². The largest absolute Gasteiger partial charge is 0.435 e. The highest BCUT2D eigenvalue weighted by Crippen LogP contribution is 1.70. The van der Waals surface area contributed by atoms with Crippen molar-refractivity contribution in [2.45, 2.75) is 6.92 Å². The fourth-order valence-electron chi connectivity index (χ4n) is 0.117. The predicted octanol–water partition coefficient (Wildman–Crippen LogP) is 2.30. The molecule has 0 fully saturated rings. The van der Waals surface area contributed by atoms with E-state index in [9.17, 15) is 4.79 Å². The first-order chi connectivity index (χ1) is 4.77. The molecule has 0 unspecified atom stereocenters. The van der Waals surface area contributed by atoms with Gasteiger partial charge in [-0.15, -0.1) is 26.3 Å². The van der Waals surface area contributed by atoms with Gasteiger partial charge in [-0.05, 0) is 0 Å². The molecule has 0 aromatic rings. The Labute approximate surface area is 62.5 Å². The van der Waals surface area contributed by atoms with E-state index in [-0.39, 0.29) is 5.97 Å². The molecule has 0 bridgehead atoms. The molecule has 2 nitrogen and oxygen atoms in total. The van der Waals surface area contributed by atoms with Crippen molar-refractivity contribution in [2.75, 3.05) is 0 Å². The van der Waals surface area contributed by atoms with E-state index in [0.717, 1.165) is 6.26 Å². The summed E-state index contributed by atoms with van der Waals surface area (Å²) in [5, 5.41) is 0. The number of carbonyl (C=O) groups is 1. The summed E-state index contributed by atoms with van der Waals surface area (Å²) in [6.07, 6.45) is 1.10. The van der Waals surface area contributed by atoms with Gasteiger partial charge in [-0.2, -0.15) is 0 Å². The molecule has 10 heavy (non-hydrogen) atoms. The molecule has 0 aromatic carbocycles. The Bertz CT molecular complexity index is 85.3. The maximum atomic E-state index is 9.75. The quantitative estimate of drug-likeness (QED) is 0.319. The van der Waals surface area contributed by atoms with Gasteiger partial charge in [-0.1, -0.05) is 6.58 Å². The highest BCUT2D eigenvalue weighted by atomic mass is 16.5. The zero-order chi connectivity index (χ0) is 8.99. The average molecular weight is 142 g/mol. The summed E-state index contributed by atoms with van der Waals surface area (Å²) >= 11 is 0. The molecule has 0 aliphatic carbocycles. The highest BCUT2D eigenvalue weighted by molar-refractivity contribution is 5.66. The summed E-state index contributed by atoms with van der Waals surface area (Å²) < 4.78 is 4.17. The van der Waals surface area contributed by atoms with E-state index in [2.05, 4.69) is 37.6 Å². The minimum absolute atomic E-state index is 0.329. The van der Waals surface area contributed by atoms with Crippen LogP contribution in [-0.4, -0.2) is 5.97 Å². The third-order valence-corrected chi connectivity index (χ3v) is 0.249. The van der Waals surface area contributed by atoms with Gasteiger partial charge in [0.25, 0.3) is 0 Å². The van der Waals surface area contributed by atoms with E-state index in [1.54, 1.807) is 0 Å². The Balaban J connectivity index is -0.000000105. The predicted molar refractivity (Wildman–Crippen MR) is 44.5 cm³/mol. The van der Waals surface area contributed by atoms with Crippen LogP contribution in [0.2, 0.25) is 0 Å². The third kappa shape index (κ3) is 75.8. The fourth-order valence-corrected chi connectivity index (χ4v) is 0.117. The number of ether oxygens (including phenoxy) is 1. The molecule has 0 spiro atoms. The first kappa shape index (κ1) is 15.9. The Morgan fingerprint density at radius 2 is 1.60 bits per heavy atom. The van der Waals surface area contributed by atoms with Crippen molar-refractivity contribution in [3.63, 3.8) is 0 Å². The molecule has 0 heterocycles. The molecular weight excluding hydrogens is 128 g/mol. The molecular formula is C8H14O2. The maximum Gasteiger partial charge on any atom is 0.307 e. The minimum atomic E-state index is -0.329. The van der Waals surface area contributed by atoms with Crippen LogP contribution in [0.5, 0.6) is 0 Å². The summed E-state index contributed by atoms with van der Waals surface area (Å²) in [6.45, 7) is 16.5. The zero-order valence-electron chi connectivity index (χ0n) is 6.43. The Morgan fingerprint density at radius 1 is 1.30 bits per heavy atom. The van der Waals surface area contributed by atoms with Crippen LogP contribution < -0.4 is 0 Å². The van der Waals surface area contributed by atoms with Crippen LogP contribution in [0.4, 0.5) is 0 Å². The first-order valence-electron chi connectivity index (χ1n) is 2.55. The molecule has 2 heteroatoms. The van der Waals surface area contributed by atoms with Crippen molar-refractivity contribution in [3.8, 4) is 0 Å². The lowest BCUT2D eigenvalue weighted by molar-refractivity contribution is -0.135. The molecule has 0 saturated heterocycles. The Morgan fingerprint density at radius 3 is 1.60 bits per heavy atom. The molecule has 0 aliphatic heterocycles. The highest BCUT2D eigenvalue weighted by Gasteiger charge is 1.79. The van der Waals surface area contributed by atoms with Crippen LogP contribution in [0.15, 0.2) is 39.2 Å². The van der Waals surface area contributed by atoms with Crippen molar-refractivity contribution in [2.24, 2.45) is 0 Å². The molecule has 0 radical (unpaired) electrons. The van der Waals surface area contributed by atoms with Crippen LogP contribution in [0.3, 0.4) is 0 Å². The fraction of sp³-hybridized carbons (Fsp3) is 0.125. The van der Waals surface area contributed by atoms with E-state index in [1.807, 2.05) is 0 Å². The molecule has 0 saturated carbocycles. The van der Waals surface area contributed by atoms with Crippen LogP contribution in [0.1, 0.15) is 6.92 Å². The van der Waals surface area contributed by atoms with Gasteiger partial charge >= 0.3 is 5.97 Å². The second-order valence-corrected chi connectivity index (χ2v) is 0.776. The van der Waals surface area contributed by atoms with Crippen LogP contribution in [0.25, 0.3) is 0 Å². The molecule has 0 N–H and O–H groups in total. The number of rotatable bonds is 1. The van der Waals surface area contributed by atoms with Gasteiger partial charge in [0.2, 0.25) is 0 Å². The molecule has 0 atom stereocenters. The number of esters is 1. The lowest BCUT2D eigenvalue weighted by Crippen LogP contribution is -1.87. The van der Waals surface area contributed by atoms with Crippen molar-refractivity contribution < 1.29 is 9.53 Å². The van der Waals surface area contributed by atoms with E-state index in [0.29, 0.717) is 0 Å². The van der Waals surface area contributed by atoms with E-state index in [1.165, 1.54) is 6.92 Å². The third-order valence-electron chi connectivity index (χ3n) is 0.249. The lowest BCUT2D eigenvalue weighted by Gasteiger charge is -1.83. The smallest absolute Gasteiger partial charge is 0.307 e. The van der Waals surface area contributed by atoms with Crippen molar-refractivity contribution in [1.82, 2.24) is 0 Å². The molecule has 0 aliphatic rings. The van der Waals surface area contributed by atoms with Gasteiger partial charge in [0.05, 0.1) is 6.26 Å². The summed E-state index contributed by atoms with van der Waals surface area (Å²) in [7, 11) is 0. The van der Waals surface area contributed by atoms with Gasteiger partial charge in [-0.25, -0.2) is 0 Å². The van der Waals surface area contributed by atoms with Crippen LogP contribution in [-0.2, 0) is 9.53 Å². The van der Waals surface area contributed by atoms with Crippen molar-refractivity contribution in [1.29, 1.82) is 0 Å². The standard InChI is InChI=1S/C4H6O2.2C2H4/c1-3-6-4(2)5;2*1-2/h3H,1H2,2H3;2*1-2H2. The average Bonchev–Trinajstić information content (AvgIpc) is 1.96.